The van der Waals surface area contributed by atoms with Crippen LogP contribution in [0.5, 0.6) is 0 Å². The Kier molecular flexibility index (Phi) is 6.49. The third kappa shape index (κ3) is 4.49. The molecule has 6 heteroatoms. The quantitative estimate of drug-likeness (QED) is 0.784. The smallest absolute Gasteiger partial charge is 0.252 e. The van der Waals surface area contributed by atoms with Crippen molar-refractivity contribution in [1.29, 1.82) is 0 Å². The normalized spacial score (nSPS) is 12.2. The predicted molar refractivity (Wildman–Crippen MR) is 73.4 cm³/mol. The average Bonchev–Trinajstić information content (AvgIpc) is 2.37. The van der Waals surface area contributed by atoms with Crippen molar-refractivity contribution < 1.29 is 14.6 Å². The zero-order valence-electron chi connectivity index (χ0n) is 10.3. The molecule has 1 unspecified atom stereocenters. The standard InChI is InChI=1S/C12H16ClNO3S/c1-17-7-8(15)6-14-12(16)10-5-9(18-2)3-4-11(10)13/h3-5,8,15H,6-7H2,1-2H3,(H,14,16). The Hall–Kier alpha value is -0.750. The number of hydrogen-bond acceptors (Lipinski definition) is 4. The van der Waals surface area contributed by atoms with E-state index in [-0.39, 0.29) is 19.1 Å². The van der Waals surface area contributed by atoms with Crippen LogP contribution in [-0.2, 0) is 4.74 Å². The van der Waals surface area contributed by atoms with Gasteiger partial charge in [0.15, 0.2) is 0 Å². The Morgan fingerprint density at radius 1 is 1.61 bits per heavy atom. The molecule has 0 saturated carbocycles. The number of ether oxygens (including phenoxy) is 1. The molecule has 1 rings (SSSR count). The minimum atomic E-state index is -0.721. The highest BCUT2D eigenvalue weighted by molar-refractivity contribution is 7.98. The maximum Gasteiger partial charge on any atom is 0.252 e. The molecule has 0 fully saturated rings. The third-order valence-electron chi connectivity index (χ3n) is 2.28. The van der Waals surface area contributed by atoms with E-state index in [1.807, 2.05) is 12.3 Å². The van der Waals surface area contributed by atoms with E-state index in [0.29, 0.717) is 10.6 Å². The van der Waals surface area contributed by atoms with Crippen molar-refractivity contribution in [2.45, 2.75) is 11.0 Å². The van der Waals surface area contributed by atoms with Gasteiger partial charge in [-0.1, -0.05) is 11.6 Å². The van der Waals surface area contributed by atoms with Crippen LogP contribution < -0.4 is 5.32 Å². The van der Waals surface area contributed by atoms with Crippen LogP contribution in [0, 0.1) is 0 Å². The van der Waals surface area contributed by atoms with Gasteiger partial charge in [-0.05, 0) is 24.5 Å². The van der Waals surface area contributed by atoms with Gasteiger partial charge in [0.25, 0.3) is 5.91 Å². The lowest BCUT2D eigenvalue weighted by molar-refractivity contribution is 0.0610. The van der Waals surface area contributed by atoms with E-state index in [1.54, 1.807) is 12.1 Å². The van der Waals surface area contributed by atoms with Crippen LogP contribution in [0.1, 0.15) is 10.4 Å². The fourth-order valence-corrected chi connectivity index (χ4v) is 2.01. The second kappa shape index (κ2) is 7.63. The van der Waals surface area contributed by atoms with E-state index < -0.39 is 6.10 Å². The highest BCUT2D eigenvalue weighted by Crippen LogP contribution is 2.22. The second-order valence-corrected chi connectivity index (χ2v) is 4.95. The number of benzene rings is 1. The number of thioether (sulfide) groups is 1. The van der Waals surface area contributed by atoms with Crippen molar-refractivity contribution >= 4 is 29.3 Å². The molecule has 1 amide bonds. The van der Waals surface area contributed by atoms with Gasteiger partial charge in [-0.15, -0.1) is 11.8 Å². The largest absolute Gasteiger partial charge is 0.389 e. The first-order valence-corrected chi connectivity index (χ1v) is 6.97. The van der Waals surface area contributed by atoms with Crippen molar-refractivity contribution in [2.24, 2.45) is 0 Å². The van der Waals surface area contributed by atoms with Crippen molar-refractivity contribution in [3.05, 3.63) is 28.8 Å². The van der Waals surface area contributed by atoms with E-state index in [1.165, 1.54) is 18.9 Å². The summed E-state index contributed by atoms with van der Waals surface area (Å²) in [5, 5.41) is 12.4. The van der Waals surface area contributed by atoms with Crippen molar-refractivity contribution in [1.82, 2.24) is 5.32 Å². The predicted octanol–water partition coefficient (Wildman–Crippen LogP) is 1.80. The molecule has 1 atom stereocenters. The van der Waals surface area contributed by atoms with Gasteiger partial charge >= 0.3 is 0 Å². The number of nitrogens with one attached hydrogen (secondary N) is 1. The summed E-state index contributed by atoms with van der Waals surface area (Å²) < 4.78 is 4.77. The molecule has 100 valence electrons. The number of amides is 1. The van der Waals surface area contributed by atoms with Gasteiger partial charge in [-0.25, -0.2) is 0 Å². The van der Waals surface area contributed by atoms with Gasteiger partial charge in [0.2, 0.25) is 0 Å². The Morgan fingerprint density at radius 2 is 2.33 bits per heavy atom. The summed E-state index contributed by atoms with van der Waals surface area (Å²) in [4.78, 5) is 12.8. The molecule has 18 heavy (non-hydrogen) atoms. The minimum Gasteiger partial charge on any atom is -0.389 e. The average molecular weight is 290 g/mol. The summed E-state index contributed by atoms with van der Waals surface area (Å²) >= 11 is 7.50. The van der Waals surface area contributed by atoms with Crippen LogP contribution in [0.4, 0.5) is 0 Å². The topological polar surface area (TPSA) is 58.6 Å². The van der Waals surface area contributed by atoms with E-state index in [2.05, 4.69) is 5.32 Å². The molecule has 1 aromatic rings. The Labute approximate surface area is 116 Å². The SMILES string of the molecule is COCC(O)CNC(=O)c1cc(SC)ccc1Cl. The number of carbonyl (C=O) groups is 1. The molecule has 0 aliphatic carbocycles. The van der Waals surface area contributed by atoms with Crippen LogP contribution >= 0.6 is 23.4 Å². The lowest BCUT2D eigenvalue weighted by atomic mass is 10.2. The monoisotopic (exact) mass is 289 g/mol. The Bertz CT molecular complexity index is 414. The summed E-state index contributed by atoms with van der Waals surface area (Å²) in [6.07, 6.45) is 1.20. The zero-order valence-corrected chi connectivity index (χ0v) is 11.8. The first-order valence-electron chi connectivity index (χ1n) is 5.37. The van der Waals surface area contributed by atoms with Gasteiger partial charge in [0.1, 0.15) is 0 Å². The van der Waals surface area contributed by atoms with Gasteiger partial charge in [0, 0.05) is 18.6 Å². The summed E-state index contributed by atoms with van der Waals surface area (Å²) in [7, 11) is 1.49. The molecule has 0 radical (unpaired) electrons. The van der Waals surface area contributed by atoms with Crippen molar-refractivity contribution in [3.63, 3.8) is 0 Å². The fourth-order valence-electron chi connectivity index (χ4n) is 1.36. The first kappa shape index (κ1) is 15.3. The lowest BCUT2D eigenvalue weighted by Crippen LogP contribution is -2.34. The van der Waals surface area contributed by atoms with Crippen LogP contribution in [0.3, 0.4) is 0 Å². The summed E-state index contributed by atoms with van der Waals surface area (Å²) in [6, 6.07) is 5.27. The number of methoxy groups -OCH3 is 1. The second-order valence-electron chi connectivity index (χ2n) is 3.66. The van der Waals surface area contributed by atoms with Crippen LogP contribution in [0.2, 0.25) is 5.02 Å². The number of hydrogen-bond donors (Lipinski definition) is 2. The zero-order chi connectivity index (χ0) is 13.5. The highest BCUT2D eigenvalue weighted by atomic mass is 35.5. The number of aliphatic hydroxyl groups excluding tert-OH is 1. The van der Waals surface area contributed by atoms with Gasteiger partial charge in [-0.2, -0.15) is 0 Å². The van der Waals surface area contributed by atoms with Gasteiger partial charge < -0.3 is 15.2 Å². The molecule has 0 saturated heterocycles. The molecule has 0 aromatic heterocycles. The number of rotatable bonds is 6. The molecule has 4 nitrogen and oxygen atoms in total. The van der Waals surface area contributed by atoms with E-state index in [0.717, 1.165) is 4.90 Å². The summed E-state index contributed by atoms with van der Waals surface area (Å²) in [6.45, 7) is 0.311. The van der Waals surface area contributed by atoms with Crippen LogP contribution in [0.25, 0.3) is 0 Å². The molecule has 0 aliphatic rings. The Morgan fingerprint density at radius 3 is 2.94 bits per heavy atom. The van der Waals surface area contributed by atoms with E-state index >= 15 is 0 Å². The molecule has 2 N–H and O–H groups in total. The van der Waals surface area contributed by atoms with Crippen molar-refractivity contribution in [2.75, 3.05) is 26.5 Å². The molecular weight excluding hydrogens is 274 g/mol. The molecule has 0 bridgehead atoms. The molecule has 1 aromatic carbocycles. The third-order valence-corrected chi connectivity index (χ3v) is 3.33. The van der Waals surface area contributed by atoms with Gasteiger partial charge in [0.05, 0.1) is 23.3 Å². The highest BCUT2D eigenvalue weighted by Gasteiger charge is 2.12. The molecule has 0 spiro atoms. The molecule has 0 heterocycles. The lowest BCUT2D eigenvalue weighted by Gasteiger charge is -2.12. The molecule has 0 aliphatic heterocycles. The number of carbonyl (C=O) groups excluding carboxylic acids is 1. The maximum absolute atomic E-state index is 11.9. The first-order chi connectivity index (χ1) is 8.58. The summed E-state index contributed by atoms with van der Waals surface area (Å²) in [5.41, 5.74) is 0.410. The Balaban J connectivity index is 2.66. The number of aliphatic hydroxyl groups is 1. The molecular formula is C12H16ClNO3S. The van der Waals surface area contributed by atoms with Crippen molar-refractivity contribution in [3.8, 4) is 0 Å². The van der Waals surface area contributed by atoms with E-state index in [9.17, 15) is 9.90 Å². The van der Waals surface area contributed by atoms with Crippen LogP contribution in [-0.4, -0.2) is 43.6 Å². The maximum atomic E-state index is 11.9. The summed E-state index contributed by atoms with van der Waals surface area (Å²) in [5.74, 6) is -0.300. The minimum absolute atomic E-state index is 0.131. The number of halogens is 1. The van der Waals surface area contributed by atoms with Gasteiger partial charge in [-0.3, -0.25) is 4.79 Å². The van der Waals surface area contributed by atoms with Crippen LogP contribution in [0.15, 0.2) is 23.1 Å². The fraction of sp³-hybridized carbons (Fsp3) is 0.417. The van der Waals surface area contributed by atoms with E-state index in [4.69, 9.17) is 16.3 Å².